The molecule has 0 aliphatic heterocycles. The van der Waals surface area contributed by atoms with Crippen LogP contribution in [0.3, 0.4) is 0 Å². The number of rotatable bonds is 2. The van der Waals surface area contributed by atoms with Crippen molar-refractivity contribution in [3.8, 4) is 0 Å². The molecule has 0 aliphatic carbocycles. The summed E-state index contributed by atoms with van der Waals surface area (Å²) in [6.45, 7) is 7.74. The van der Waals surface area contributed by atoms with Crippen molar-refractivity contribution >= 4 is 11.9 Å². The number of nitrogens with one attached hydrogen (secondary N) is 1. The van der Waals surface area contributed by atoms with Gasteiger partial charge < -0.3 is 11.5 Å². The molecule has 0 rings (SSSR count). The maximum atomic E-state index is 5.53. The molecule has 0 aliphatic rings. The van der Waals surface area contributed by atoms with Crippen molar-refractivity contribution in [3.05, 3.63) is 0 Å². The first kappa shape index (κ1) is 11.7. The Balaban J connectivity index is 4.13. The van der Waals surface area contributed by atoms with Gasteiger partial charge in [0.25, 0.3) is 0 Å². The molecule has 13 heavy (non-hydrogen) atoms. The summed E-state index contributed by atoms with van der Waals surface area (Å²) >= 11 is 0. The highest BCUT2D eigenvalue weighted by Gasteiger charge is 1.97. The zero-order valence-corrected chi connectivity index (χ0v) is 8.70. The molecule has 0 spiro atoms. The van der Waals surface area contributed by atoms with Crippen LogP contribution in [0.25, 0.3) is 0 Å². The van der Waals surface area contributed by atoms with Gasteiger partial charge in [0.2, 0.25) is 0 Å². The predicted molar refractivity (Wildman–Crippen MR) is 56.7 cm³/mol. The summed E-state index contributed by atoms with van der Waals surface area (Å²) in [7, 11) is 0. The molecule has 0 aromatic heterocycles. The summed E-state index contributed by atoms with van der Waals surface area (Å²) in [5.74, 6) is 0.605. The summed E-state index contributed by atoms with van der Waals surface area (Å²) in [5, 5.41) is 2.70. The normalized spacial score (nSPS) is 14.0. The summed E-state index contributed by atoms with van der Waals surface area (Å²) in [4.78, 5) is 8.09. The van der Waals surface area contributed by atoms with Gasteiger partial charge in [-0.2, -0.15) is 0 Å². The standard InChI is InChI=1S/C8H19N5/c1-5(2)11-7(9)13-8(10)12-6(3)4/h5-6H,1-4H3,(H5,9,10,11,12,13). The van der Waals surface area contributed by atoms with E-state index in [0.717, 1.165) is 0 Å². The van der Waals surface area contributed by atoms with E-state index in [9.17, 15) is 0 Å². The first-order chi connectivity index (χ1) is 5.91. The van der Waals surface area contributed by atoms with Gasteiger partial charge in [0.15, 0.2) is 11.9 Å². The lowest BCUT2D eigenvalue weighted by atomic mass is 10.4. The molecule has 0 aromatic rings. The van der Waals surface area contributed by atoms with Crippen molar-refractivity contribution < 1.29 is 0 Å². The topological polar surface area (TPSA) is 88.8 Å². The summed E-state index contributed by atoms with van der Waals surface area (Å²) in [6, 6.07) is 0.304. The van der Waals surface area contributed by atoms with Crippen LogP contribution in [-0.2, 0) is 0 Å². The number of hydrogen-bond donors (Lipinski definition) is 3. The lowest BCUT2D eigenvalue weighted by Gasteiger charge is -2.06. The van der Waals surface area contributed by atoms with Crippen LogP contribution < -0.4 is 16.8 Å². The van der Waals surface area contributed by atoms with Gasteiger partial charge in [-0.1, -0.05) is 0 Å². The summed E-state index contributed by atoms with van der Waals surface area (Å²) in [6.07, 6.45) is 0. The molecule has 0 radical (unpaired) electrons. The zero-order valence-electron chi connectivity index (χ0n) is 8.70. The van der Waals surface area contributed by atoms with E-state index in [1.165, 1.54) is 0 Å². The molecule has 5 N–H and O–H groups in total. The minimum Gasteiger partial charge on any atom is -0.370 e. The lowest BCUT2D eigenvalue weighted by molar-refractivity contribution is 0.816. The van der Waals surface area contributed by atoms with Gasteiger partial charge in [0.05, 0.1) is 0 Å². The fraction of sp³-hybridized carbons (Fsp3) is 0.750. The zero-order chi connectivity index (χ0) is 10.4. The van der Waals surface area contributed by atoms with Crippen molar-refractivity contribution in [3.63, 3.8) is 0 Å². The number of aliphatic imine (C=N–C) groups is 2. The molecule has 5 heteroatoms. The van der Waals surface area contributed by atoms with E-state index in [1.807, 2.05) is 27.7 Å². The molecular formula is C8H19N5. The third-order valence-electron chi connectivity index (χ3n) is 1.05. The SMILES string of the molecule is CC(C)N=C(N)NC(N)=NC(C)C. The Morgan fingerprint density at radius 2 is 1.23 bits per heavy atom. The molecule has 0 bridgehead atoms. The molecule has 0 amide bonds. The summed E-state index contributed by atoms with van der Waals surface area (Å²) in [5.41, 5.74) is 11.1. The van der Waals surface area contributed by atoms with E-state index in [4.69, 9.17) is 11.5 Å². The molecule has 0 atom stereocenters. The first-order valence-corrected chi connectivity index (χ1v) is 4.35. The van der Waals surface area contributed by atoms with Crippen molar-refractivity contribution in [1.29, 1.82) is 0 Å². The largest absolute Gasteiger partial charge is 0.370 e. The van der Waals surface area contributed by atoms with Crippen LogP contribution in [0.5, 0.6) is 0 Å². The van der Waals surface area contributed by atoms with E-state index < -0.39 is 0 Å². The molecular weight excluding hydrogens is 166 g/mol. The molecule has 0 saturated carbocycles. The van der Waals surface area contributed by atoms with Gasteiger partial charge in [-0.05, 0) is 27.7 Å². The lowest BCUT2D eigenvalue weighted by Crippen LogP contribution is -2.42. The minimum atomic E-state index is 0.152. The Bertz CT molecular complexity index is 183. The smallest absolute Gasteiger partial charge is 0.195 e. The van der Waals surface area contributed by atoms with Gasteiger partial charge in [0, 0.05) is 12.1 Å². The van der Waals surface area contributed by atoms with Crippen molar-refractivity contribution in [2.75, 3.05) is 0 Å². The summed E-state index contributed by atoms with van der Waals surface area (Å²) < 4.78 is 0. The third kappa shape index (κ3) is 7.11. The van der Waals surface area contributed by atoms with Crippen molar-refractivity contribution in [2.45, 2.75) is 39.8 Å². The van der Waals surface area contributed by atoms with E-state index in [-0.39, 0.29) is 12.1 Å². The molecule has 5 nitrogen and oxygen atoms in total. The Kier molecular flexibility index (Phi) is 4.87. The van der Waals surface area contributed by atoms with Gasteiger partial charge in [0.1, 0.15) is 0 Å². The molecule has 0 aromatic carbocycles. The quantitative estimate of drug-likeness (QED) is 0.418. The predicted octanol–water partition coefficient (Wildman–Crippen LogP) is 0.0222. The van der Waals surface area contributed by atoms with E-state index in [1.54, 1.807) is 0 Å². The number of hydrogen-bond acceptors (Lipinski definition) is 2. The second-order valence-corrected chi connectivity index (χ2v) is 3.34. The van der Waals surface area contributed by atoms with Crippen LogP contribution in [0, 0.1) is 0 Å². The number of nitrogens with zero attached hydrogens (tertiary/aromatic N) is 2. The average Bonchev–Trinajstić information content (AvgIpc) is 1.80. The average molecular weight is 185 g/mol. The minimum absolute atomic E-state index is 0.152. The fourth-order valence-electron chi connectivity index (χ4n) is 0.752. The Morgan fingerprint density at radius 1 is 0.923 bits per heavy atom. The second kappa shape index (κ2) is 5.40. The van der Waals surface area contributed by atoms with Crippen molar-refractivity contribution in [1.82, 2.24) is 5.32 Å². The highest BCUT2D eigenvalue weighted by Crippen LogP contribution is 1.85. The monoisotopic (exact) mass is 185 g/mol. The first-order valence-electron chi connectivity index (χ1n) is 4.35. The van der Waals surface area contributed by atoms with Gasteiger partial charge in [-0.3, -0.25) is 15.3 Å². The van der Waals surface area contributed by atoms with Crippen LogP contribution in [0.1, 0.15) is 27.7 Å². The van der Waals surface area contributed by atoms with Crippen LogP contribution in [0.15, 0.2) is 9.98 Å². The highest BCUT2D eigenvalue weighted by atomic mass is 15.2. The fourth-order valence-corrected chi connectivity index (χ4v) is 0.752. The van der Waals surface area contributed by atoms with E-state index in [2.05, 4.69) is 15.3 Å². The molecule has 0 unspecified atom stereocenters. The number of guanidine groups is 2. The Morgan fingerprint density at radius 3 is 1.46 bits per heavy atom. The van der Waals surface area contributed by atoms with Gasteiger partial charge in [-0.15, -0.1) is 0 Å². The maximum Gasteiger partial charge on any atom is 0.195 e. The van der Waals surface area contributed by atoms with E-state index in [0.29, 0.717) is 11.9 Å². The van der Waals surface area contributed by atoms with Crippen LogP contribution in [-0.4, -0.2) is 24.0 Å². The van der Waals surface area contributed by atoms with Crippen LogP contribution in [0.4, 0.5) is 0 Å². The molecule has 0 heterocycles. The Hall–Kier alpha value is -1.26. The van der Waals surface area contributed by atoms with Crippen molar-refractivity contribution in [2.24, 2.45) is 21.5 Å². The van der Waals surface area contributed by atoms with Gasteiger partial charge >= 0.3 is 0 Å². The second-order valence-electron chi connectivity index (χ2n) is 3.34. The van der Waals surface area contributed by atoms with Crippen LogP contribution >= 0.6 is 0 Å². The van der Waals surface area contributed by atoms with Crippen LogP contribution in [0.2, 0.25) is 0 Å². The molecule has 76 valence electrons. The highest BCUT2D eigenvalue weighted by molar-refractivity contribution is 5.97. The van der Waals surface area contributed by atoms with E-state index >= 15 is 0 Å². The maximum absolute atomic E-state index is 5.53. The van der Waals surface area contributed by atoms with Gasteiger partial charge in [-0.25, -0.2) is 0 Å². The molecule has 0 fully saturated rings. The molecule has 0 saturated heterocycles. The Labute approximate surface area is 79.3 Å². The number of nitrogens with two attached hydrogens (primary N) is 2. The third-order valence-corrected chi connectivity index (χ3v) is 1.05.